The number of carbonyl (C=O) groups is 2. The first-order chi connectivity index (χ1) is 19.4. The third kappa shape index (κ3) is 8.56. The number of ether oxygens (including phenoxy) is 2. The highest BCUT2D eigenvalue weighted by Crippen LogP contribution is 2.24. The molecule has 40 heavy (non-hydrogen) atoms. The third-order valence-electron chi connectivity index (χ3n) is 6.61. The fraction of sp³-hybridized carbons (Fsp3) is 0.400. The number of rotatable bonds is 12. The number of halogens is 1. The first kappa shape index (κ1) is 29.1. The Balaban J connectivity index is 1.52. The summed E-state index contributed by atoms with van der Waals surface area (Å²) in [6.45, 7) is 8.25. The molecule has 0 unspecified atom stereocenters. The molecule has 1 aliphatic rings. The molecule has 1 N–H and O–H groups in total. The number of urea groups is 1. The zero-order chi connectivity index (χ0) is 28.3. The molecule has 3 amide bonds. The van der Waals surface area contributed by atoms with E-state index in [0.29, 0.717) is 50.1 Å². The van der Waals surface area contributed by atoms with Crippen LogP contribution in [0.4, 0.5) is 14.9 Å². The van der Waals surface area contributed by atoms with Gasteiger partial charge < -0.3 is 29.0 Å². The van der Waals surface area contributed by atoms with Gasteiger partial charge in [-0.15, -0.1) is 0 Å². The van der Waals surface area contributed by atoms with Gasteiger partial charge >= 0.3 is 6.03 Å². The summed E-state index contributed by atoms with van der Waals surface area (Å²) in [6.07, 6.45) is 0. The molecule has 2 aromatic carbocycles. The van der Waals surface area contributed by atoms with E-state index >= 15 is 0 Å². The van der Waals surface area contributed by atoms with E-state index in [-0.39, 0.29) is 31.4 Å². The molecule has 4 rings (SSSR count). The number of furan rings is 1. The lowest BCUT2D eigenvalue weighted by atomic mass is 10.2. The van der Waals surface area contributed by atoms with Crippen molar-refractivity contribution in [1.82, 2.24) is 14.7 Å². The summed E-state index contributed by atoms with van der Waals surface area (Å²) < 4.78 is 30.4. The van der Waals surface area contributed by atoms with Gasteiger partial charge in [0.1, 0.15) is 29.6 Å². The van der Waals surface area contributed by atoms with Gasteiger partial charge in [-0.25, -0.2) is 9.18 Å². The number of hydrogen-bond acceptors (Lipinski definition) is 6. The molecule has 10 heteroatoms. The third-order valence-corrected chi connectivity index (χ3v) is 6.61. The quantitative estimate of drug-likeness (QED) is 0.356. The summed E-state index contributed by atoms with van der Waals surface area (Å²) >= 11 is 0. The predicted molar refractivity (Wildman–Crippen MR) is 150 cm³/mol. The maximum atomic E-state index is 13.7. The van der Waals surface area contributed by atoms with E-state index in [1.165, 1.54) is 17.0 Å². The van der Waals surface area contributed by atoms with Crippen molar-refractivity contribution in [3.63, 3.8) is 0 Å². The highest BCUT2D eigenvalue weighted by atomic mass is 19.1. The van der Waals surface area contributed by atoms with E-state index in [9.17, 15) is 14.0 Å². The molecule has 1 aromatic heterocycles. The predicted octanol–water partition coefficient (Wildman–Crippen LogP) is 4.52. The molecule has 214 valence electrons. The Hall–Kier alpha value is -3.89. The maximum absolute atomic E-state index is 13.7. The van der Waals surface area contributed by atoms with Crippen LogP contribution in [-0.2, 0) is 22.6 Å². The number of morpholine rings is 1. The van der Waals surface area contributed by atoms with Crippen molar-refractivity contribution in [3.05, 3.63) is 83.6 Å². The molecule has 1 fully saturated rings. The van der Waals surface area contributed by atoms with Crippen LogP contribution < -0.4 is 10.1 Å². The van der Waals surface area contributed by atoms with Crippen LogP contribution in [0.5, 0.6) is 5.75 Å². The van der Waals surface area contributed by atoms with Gasteiger partial charge in [-0.1, -0.05) is 24.3 Å². The Kier molecular flexibility index (Phi) is 10.5. The lowest BCUT2D eigenvalue weighted by Crippen LogP contribution is -2.48. The van der Waals surface area contributed by atoms with Gasteiger partial charge in [0.25, 0.3) is 0 Å². The first-order valence-corrected chi connectivity index (χ1v) is 13.6. The molecule has 1 saturated heterocycles. The number of anilines is 1. The molecule has 0 radical (unpaired) electrons. The SMILES string of the molecule is CCOc1ccccc1NC(=O)N(CCN1CCOCC1)CC(=O)N(Cc1ccc(F)cc1)Cc1ccc(C)o1. The Morgan fingerprint density at radius 1 is 1.00 bits per heavy atom. The minimum atomic E-state index is -0.399. The van der Waals surface area contributed by atoms with Crippen LogP contribution in [0.25, 0.3) is 0 Å². The van der Waals surface area contributed by atoms with Crippen LogP contribution in [0.15, 0.2) is 65.1 Å². The van der Waals surface area contributed by atoms with Crippen molar-refractivity contribution in [2.24, 2.45) is 0 Å². The normalized spacial score (nSPS) is 13.6. The first-order valence-electron chi connectivity index (χ1n) is 13.6. The van der Waals surface area contributed by atoms with Crippen LogP contribution in [-0.4, -0.2) is 79.2 Å². The Morgan fingerprint density at radius 2 is 1.75 bits per heavy atom. The van der Waals surface area contributed by atoms with E-state index in [0.717, 1.165) is 24.4 Å². The molecule has 0 bridgehead atoms. The largest absolute Gasteiger partial charge is 0.492 e. The molecular formula is C30H37FN4O5. The highest BCUT2D eigenvalue weighted by Gasteiger charge is 2.24. The highest BCUT2D eigenvalue weighted by molar-refractivity contribution is 5.93. The molecular weight excluding hydrogens is 515 g/mol. The number of amides is 3. The zero-order valence-electron chi connectivity index (χ0n) is 23.1. The summed E-state index contributed by atoms with van der Waals surface area (Å²) in [5.74, 6) is 1.32. The number of para-hydroxylation sites is 2. The standard InChI is InChI=1S/C30H37FN4O5/c1-3-39-28-7-5-4-6-27(28)32-30(37)34(15-14-33-16-18-38-19-17-33)22-29(36)35(21-26-13-8-23(2)40-26)20-24-9-11-25(31)12-10-24/h4-13H,3,14-22H2,1-2H3,(H,32,37). The summed E-state index contributed by atoms with van der Waals surface area (Å²) in [5, 5.41) is 2.92. The molecule has 0 aliphatic carbocycles. The maximum Gasteiger partial charge on any atom is 0.322 e. The average Bonchev–Trinajstić information content (AvgIpc) is 3.37. The fourth-order valence-electron chi connectivity index (χ4n) is 4.45. The topological polar surface area (TPSA) is 87.5 Å². The van der Waals surface area contributed by atoms with Crippen LogP contribution in [0, 0.1) is 12.7 Å². The minimum absolute atomic E-state index is 0.145. The van der Waals surface area contributed by atoms with Crippen molar-refractivity contribution >= 4 is 17.6 Å². The van der Waals surface area contributed by atoms with Crippen molar-refractivity contribution < 1.29 is 27.9 Å². The number of carbonyl (C=O) groups excluding carboxylic acids is 2. The molecule has 2 heterocycles. The molecule has 1 aliphatic heterocycles. The number of benzene rings is 2. The molecule has 0 saturated carbocycles. The van der Waals surface area contributed by atoms with Gasteiger partial charge in [0.05, 0.1) is 32.1 Å². The summed E-state index contributed by atoms with van der Waals surface area (Å²) in [5.41, 5.74) is 1.31. The molecule has 9 nitrogen and oxygen atoms in total. The van der Waals surface area contributed by atoms with E-state index in [1.54, 1.807) is 29.2 Å². The van der Waals surface area contributed by atoms with Crippen LogP contribution in [0.1, 0.15) is 24.0 Å². The smallest absolute Gasteiger partial charge is 0.322 e. The number of aryl methyl sites for hydroxylation is 1. The number of nitrogens with one attached hydrogen (secondary N) is 1. The summed E-state index contributed by atoms with van der Waals surface area (Å²) in [4.78, 5) is 32.6. The van der Waals surface area contributed by atoms with Gasteiger partial charge in [0, 0.05) is 32.7 Å². The van der Waals surface area contributed by atoms with Crippen molar-refractivity contribution in [2.75, 3.05) is 57.9 Å². The van der Waals surface area contributed by atoms with Crippen molar-refractivity contribution in [1.29, 1.82) is 0 Å². The molecule has 3 aromatic rings. The van der Waals surface area contributed by atoms with Gasteiger partial charge in [0.15, 0.2) is 0 Å². The fourth-order valence-corrected chi connectivity index (χ4v) is 4.45. The molecule has 0 atom stereocenters. The van der Waals surface area contributed by atoms with E-state index < -0.39 is 6.03 Å². The van der Waals surface area contributed by atoms with Gasteiger partial charge in [-0.05, 0) is 55.8 Å². The molecule has 0 spiro atoms. The number of hydrogen-bond donors (Lipinski definition) is 1. The Morgan fingerprint density at radius 3 is 2.45 bits per heavy atom. The van der Waals surface area contributed by atoms with Gasteiger partial charge in [-0.3, -0.25) is 9.69 Å². The Labute approximate surface area is 234 Å². The Bertz CT molecular complexity index is 1240. The zero-order valence-corrected chi connectivity index (χ0v) is 23.1. The minimum Gasteiger partial charge on any atom is -0.492 e. The van der Waals surface area contributed by atoms with Crippen molar-refractivity contribution in [3.8, 4) is 5.75 Å². The average molecular weight is 553 g/mol. The van der Waals surface area contributed by atoms with E-state index in [2.05, 4.69) is 10.2 Å². The van der Waals surface area contributed by atoms with E-state index in [1.807, 2.05) is 38.1 Å². The van der Waals surface area contributed by atoms with E-state index in [4.69, 9.17) is 13.9 Å². The second kappa shape index (κ2) is 14.5. The van der Waals surface area contributed by atoms with Crippen LogP contribution >= 0.6 is 0 Å². The summed E-state index contributed by atoms with van der Waals surface area (Å²) in [7, 11) is 0. The second-order valence-electron chi connectivity index (χ2n) is 9.62. The monoisotopic (exact) mass is 552 g/mol. The lowest BCUT2D eigenvalue weighted by Gasteiger charge is -2.31. The second-order valence-corrected chi connectivity index (χ2v) is 9.62. The van der Waals surface area contributed by atoms with Gasteiger partial charge in [0.2, 0.25) is 5.91 Å². The lowest BCUT2D eigenvalue weighted by molar-refractivity contribution is -0.133. The van der Waals surface area contributed by atoms with Crippen LogP contribution in [0.3, 0.4) is 0 Å². The summed E-state index contributed by atoms with van der Waals surface area (Å²) in [6, 6.07) is 16.5. The number of nitrogens with zero attached hydrogens (tertiary/aromatic N) is 3. The van der Waals surface area contributed by atoms with Crippen molar-refractivity contribution in [2.45, 2.75) is 26.9 Å². The van der Waals surface area contributed by atoms with Crippen LogP contribution in [0.2, 0.25) is 0 Å². The van der Waals surface area contributed by atoms with Gasteiger partial charge in [-0.2, -0.15) is 0 Å².